The summed E-state index contributed by atoms with van der Waals surface area (Å²) in [5.41, 5.74) is 6.71. The molecule has 4 N–H and O–H groups in total. The van der Waals surface area contributed by atoms with Crippen LogP contribution in [0.3, 0.4) is 0 Å². The highest BCUT2D eigenvalue weighted by molar-refractivity contribution is 5.79. The van der Waals surface area contributed by atoms with Crippen molar-refractivity contribution < 1.29 is 9.53 Å². The van der Waals surface area contributed by atoms with E-state index in [1.807, 2.05) is 12.3 Å². The molecule has 0 saturated carbocycles. The highest BCUT2D eigenvalue weighted by Gasteiger charge is 2.35. The average molecular weight is 445 g/mol. The van der Waals surface area contributed by atoms with Gasteiger partial charge >= 0.3 is 0 Å². The summed E-state index contributed by atoms with van der Waals surface area (Å²) >= 11 is 0. The van der Waals surface area contributed by atoms with Gasteiger partial charge in [0.2, 0.25) is 5.91 Å². The van der Waals surface area contributed by atoms with Gasteiger partial charge in [-0.3, -0.25) is 9.79 Å². The van der Waals surface area contributed by atoms with E-state index < -0.39 is 0 Å². The van der Waals surface area contributed by atoms with Crippen LogP contribution < -0.4 is 21.3 Å². The van der Waals surface area contributed by atoms with Crippen LogP contribution in [0.2, 0.25) is 0 Å². The van der Waals surface area contributed by atoms with Gasteiger partial charge in [0, 0.05) is 63.4 Å². The fourth-order valence-corrected chi connectivity index (χ4v) is 4.87. The number of nitrogens with zero attached hydrogens (tertiary/aromatic N) is 3. The van der Waals surface area contributed by atoms with Crippen molar-refractivity contribution >= 4 is 17.7 Å². The van der Waals surface area contributed by atoms with Gasteiger partial charge in [-0.15, -0.1) is 0 Å². The number of ether oxygens (including phenoxy) is 1. The first-order valence-electron chi connectivity index (χ1n) is 11.8. The minimum atomic E-state index is -0.195. The van der Waals surface area contributed by atoms with Crippen LogP contribution in [0.5, 0.6) is 0 Å². The summed E-state index contributed by atoms with van der Waals surface area (Å²) in [6.45, 7) is 10.6. The first-order chi connectivity index (χ1) is 15.3. The molecule has 8 heteroatoms. The molecule has 1 aromatic heterocycles. The fraction of sp³-hybridized carbons (Fsp3) is 0.708. The molecule has 0 spiro atoms. The molecule has 8 nitrogen and oxygen atoms in total. The summed E-state index contributed by atoms with van der Waals surface area (Å²) in [6.07, 6.45) is 5.90. The van der Waals surface area contributed by atoms with Crippen molar-refractivity contribution in [2.24, 2.45) is 28.0 Å². The number of hydrogen-bond donors (Lipinski definition) is 3. The molecule has 1 amide bonds. The minimum Gasteiger partial charge on any atom is -0.377 e. The summed E-state index contributed by atoms with van der Waals surface area (Å²) in [5.74, 6) is 1.99. The predicted octanol–water partition coefficient (Wildman–Crippen LogP) is 2.29. The molecule has 0 radical (unpaired) electrons. The minimum absolute atomic E-state index is 0.0275. The second kappa shape index (κ2) is 11.0. The first-order valence-corrected chi connectivity index (χ1v) is 11.8. The second-order valence-corrected chi connectivity index (χ2v) is 10.0. The zero-order valence-corrected chi connectivity index (χ0v) is 20.1. The number of guanidine groups is 1. The number of piperidine rings is 1. The zero-order chi connectivity index (χ0) is 23.1. The Morgan fingerprint density at radius 1 is 1.28 bits per heavy atom. The molecule has 2 fully saturated rings. The van der Waals surface area contributed by atoms with Gasteiger partial charge in [-0.05, 0) is 37.2 Å². The SMILES string of the molecule is CN=C(NCc1cccnc1N1CCC(C(N)=O)CC1)NCC1CCCOC1C(C)(C)C. The third-order valence-corrected chi connectivity index (χ3v) is 6.56. The van der Waals surface area contributed by atoms with E-state index in [2.05, 4.69) is 52.3 Å². The summed E-state index contributed by atoms with van der Waals surface area (Å²) in [4.78, 5) is 22.8. The standard InChI is InChI=1S/C24H40N6O2/c1-24(2,3)20-18(8-6-14-32-20)15-28-23(26-4)29-16-19-7-5-11-27-22(19)30-12-9-17(10-13-30)21(25)31/h5,7,11,17-18,20H,6,8-10,12-16H2,1-4H3,(H2,25,31)(H2,26,28,29). The maximum Gasteiger partial charge on any atom is 0.220 e. The Hall–Kier alpha value is -2.35. The van der Waals surface area contributed by atoms with Crippen molar-refractivity contribution in [2.45, 2.75) is 59.1 Å². The molecule has 178 valence electrons. The van der Waals surface area contributed by atoms with Crippen molar-refractivity contribution in [2.75, 3.05) is 38.2 Å². The number of aliphatic imine (C=N–C) groups is 1. The molecule has 2 saturated heterocycles. The number of nitrogens with two attached hydrogens (primary N) is 1. The molecule has 3 rings (SSSR count). The topological polar surface area (TPSA) is 105 Å². The van der Waals surface area contributed by atoms with Gasteiger partial charge in [0.25, 0.3) is 0 Å². The second-order valence-electron chi connectivity index (χ2n) is 10.0. The van der Waals surface area contributed by atoms with Crippen molar-refractivity contribution in [3.8, 4) is 0 Å². The number of carbonyl (C=O) groups is 1. The number of anilines is 1. The van der Waals surface area contributed by atoms with E-state index in [1.165, 1.54) is 6.42 Å². The lowest BCUT2D eigenvalue weighted by Gasteiger charge is -2.40. The van der Waals surface area contributed by atoms with Crippen molar-refractivity contribution in [1.82, 2.24) is 15.6 Å². The maximum atomic E-state index is 11.5. The Morgan fingerprint density at radius 3 is 2.69 bits per heavy atom. The Morgan fingerprint density at radius 2 is 2.03 bits per heavy atom. The maximum absolute atomic E-state index is 11.5. The molecule has 32 heavy (non-hydrogen) atoms. The van der Waals surface area contributed by atoms with Gasteiger partial charge in [-0.25, -0.2) is 4.98 Å². The van der Waals surface area contributed by atoms with Crippen LogP contribution in [0.1, 0.15) is 52.0 Å². The van der Waals surface area contributed by atoms with Gasteiger partial charge in [0.05, 0.1) is 6.10 Å². The molecule has 2 aliphatic heterocycles. The highest BCUT2D eigenvalue weighted by Crippen LogP contribution is 2.33. The molecule has 0 aromatic carbocycles. The van der Waals surface area contributed by atoms with E-state index >= 15 is 0 Å². The molecular weight excluding hydrogens is 404 g/mol. The Balaban J connectivity index is 1.56. The zero-order valence-electron chi connectivity index (χ0n) is 20.1. The predicted molar refractivity (Wildman–Crippen MR) is 128 cm³/mol. The van der Waals surface area contributed by atoms with Gasteiger partial charge in [0.15, 0.2) is 5.96 Å². The molecule has 0 aliphatic carbocycles. The van der Waals surface area contributed by atoms with Crippen LogP contribution >= 0.6 is 0 Å². The van der Waals surface area contributed by atoms with E-state index in [0.717, 1.165) is 62.8 Å². The summed E-state index contributed by atoms with van der Waals surface area (Å²) in [5, 5.41) is 6.94. The lowest BCUT2D eigenvalue weighted by molar-refractivity contribution is -0.122. The highest BCUT2D eigenvalue weighted by atomic mass is 16.5. The van der Waals surface area contributed by atoms with Crippen LogP contribution in [0.25, 0.3) is 0 Å². The Kier molecular flexibility index (Phi) is 8.34. The van der Waals surface area contributed by atoms with Crippen molar-refractivity contribution in [3.05, 3.63) is 23.9 Å². The smallest absolute Gasteiger partial charge is 0.220 e. The van der Waals surface area contributed by atoms with E-state index in [9.17, 15) is 4.79 Å². The summed E-state index contributed by atoms with van der Waals surface area (Å²) in [7, 11) is 1.80. The normalized spacial score (nSPS) is 23.1. The molecule has 2 unspecified atom stereocenters. The molecule has 3 heterocycles. The molecule has 0 bridgehead atoms. The lowest BCUT2D eigenvalue weighted by atomic mass is 9.78. The van der Waals surface area contributed by atoms with E-state index in [0.29, 0.717) is 12.5 Å². The fourth-order valence-electron chi connectivity index (χ4n) is 4.87. The molecule has 1 aromatic rings. The van der Waals surface area contributed by atoms with Crippen molar-refractivity contribution in [1.29, 1.82) is 0 Å². The number of carbonyl (C=O) groups excluding carboxylic acids is 1. The molecule has 2 aliphatic rings. The van der Waals surface area contributed by atoms with Crippen molar-refractivity contribution in [3.63, 3.8) is 0 Å². The lowest BCUT2D eigenvalue weighted by Crippen LogP contribution is -2.47. The third kappa shape index (κ3) is 6.34. The summed E-state index contributed by atoms with van der Waals surface area (Å²) < 4.78 is 6.11. The van der Waals surface area contributed by atoms with Gasteiger partial charge in [0.1, 0.15) is 5.82 Å². The number of nitrogens with one attached hydrogen (secondary N) is 2. The van der Waals surface area contributed by atoms with Crippen LogP contribution in [0.4, 0.5) is 5.82 Å². The van der Waals surface area contributed by atoms with Gasteiger partial charge < -0.3 is 26.0 Å². The summed E-state index contributed by atoms with van der Waals surface area (Å²) in [6, 6.07) is 4.05. The average Bonchev–Trinajstić information content (AvgIpc) is 2.79. The largest absolute Gasteiger partial charge is 0.377 e. The van der Waals surface area contributed by atoms with E-state index in [1.54, 1.807) is 7.05 Å². The van der Waals surface area contributed by atoms with Crippen LogP contribution in [0.15, 0.2) is 23.3 Å². The molecule has 2 atom stereocenters. The first kappa shape index (κ1) is 24.3. The quantitative estimate of drug-likeness (QED) is 0.459. The van der Waals surface area contributed by atoms with E-state index in [4.69, 9.17) is 10.5 Å². The number of hydrogen-bond acceptors (Lipinski definition) is 5. The Labute approximate surface area is 192 Å². The third-order valence-electron chi connectivity index (χ3n) is 6.56. The number of amides is 1. The molecular formula is C24H40N6O2. The van der Waals surface area contributed by atoms with E-state index in [-0.39, 0.29) is 23.3 Å². The number of primary amides is 1. The van der Waals surface area contributed by atoms with Crippen LogP contribution in [0, 0.1) is 17.3 Å². The Bertz CT molecular complexity index is 783. The number of pyridine rings is 1. The number of rotatable bonds is 6. The number of aromatic nitrogens is 1. The van der Waals surface area contributed by atoms with Gasteiger partial charge in [-0.2, -0.15) is 0 Å². The monoisotopic (exact) mass is 444 g/mol. The van der Waals surface area contributed by atoms with Crippen LogP contribution in [-0.4, -0.2) is 56.2 Å². The van der Waals surface area contributed by atoms with Crippen LogP contribution in [-0.2, 0) is 16.1 Å². The van der Waals surface area contributed by atoms with Gasteiger partial charge in [-0.1, -0.05) is 26.8 Å².